The third-order valence-electron chi connectivity index (χ3n) is 2.69. The number of nitrogens with one attached hydrogen (secondary N) is 1. The Balaban J connectivity index is 2.95. The van der Waals surface area contributed by atoms with Crippen molar-refractivity contribution in [3.63, 3.8) is 0 Å². The molecule has 1 aromatic carbocycles. The zero-order valence-corrected chi connectivity index (χ0v) is 13.6. The van der Waals surface area contributed by atoms with Gasteiger partial charge < -0.3 is 15.8 Å². The Labute approximate surface area is 129 Å². The van der Waals surface area contributed by atoms with E-state index in [2.05, 4.69) is 18.5 Å². The van der Waals surface area contributed by atoms with E-state index in [-0.39, 0.29) is 0 Å². The van der Waals surface area contributed by atoms with Gasteiger partial charge in [0.1, 0.15) is 0 Å². The zero-order valence-electron chi connectivity index (χ0n) is 12.0. The molecule has 4 nitrogen and oxygen atoms in total. The number of hydrogen-bond acceptors (Lipinski definition) is 5. The number of carbonyl (C=O) groups is 1. The van der Waals surface area contributed by atoms with Crippen LogP contribution in [0.1, 0.15) is 24.2 Å². The van der Waals surface area contributed by atoms with Crippen molar-refractivity contribution in [3.8, 4) is 0 Å². The Morgan fingerprint density at radius 1 is 1.55 bits per heavy atom. The van der Waals surface area contributed by atoms with E-state index in [0.29, 0.717) is 34.5 Å². The summed E-state index contributed by atoms with van der Waals surface area (Å²) in [5, 5.41) is 3.67. The van der Waals surface area contributed by atoms with Crippen molar-refractivity contribution in [2.45, 2.75) is 13.8 Å². The summed E-state index contributed by atoms with van der Waals surface area (Å²) in [5.41, 5.74) is 7.16. The fourth-order valence-electron chi connectivity index (χ4n) is 1.80. The van der Waals surface area contributed by atoms with E-state index in [1.807, 2.05) is 0 Å². The highest BCUT2D eigenvalue weighted by Gasteiger charge is 2.17. The van der Waals surface area contributed by atoms with Crippen LogP contribution in [0, 0.1) is 5.92 Å². The first kappa shape index (κ1) is 17.0. The Morgan fingerprint density at radius 3 is 2.85 bits per heavy atom. The van der Waals surface area contributed by atoms with Crippen LogP contribution in [0.15, 0.2) is 12.1 Å². The number of hydrogen-bond donors (Lipinski definition) is 2. The molecule has 112 valence electrons. The molecule has 0 aliphatic heterocycles. The molecule has 0 aliphatic carbocycles. The van der Waals surface area contributed by atoms with Crippen LogP contribution in [0.5, 0.6) is 0 Å². The monoisotopic (exact) mass is 316 g/mol. The standard InChI is InChI=1S/C14H21ClN2O2S/c1-4-19-14(18)11-5-10(16)6-12(15)13(11)17-7-9(2)8-20-3/h5-6,9,17H,4,7-8,16H2,1-3H3. The highest BCUT2D eigenvalue weighted by Crippen LogP contribution is 2.30. The van der Waals surface area contributed by atoms with E-state index in [0.717, 1.165) is 12.3 Å². The number of esters is 1. The number of nitrogens with two attached hydrogens (primary N) is 1. The van der Waals surface area contributed by atoms with Crippen molar-refractivity contribution in [1.82, 2.24) is 0 Å². The molecule has 1 unspecified atom stereocenters. The minimum atomic E-state index is -0.415. The first-order valence-electron chi connectivity index (χ1n) is 6.48. The van der Waals surface area contributed by atoms with E-state index in [1.165, 1.54) is 0 Å². The van der Waals surface area contributed by atoms with Crippen molar-refractivity contribution < 1.29 is 9.53 Å². The molecule has 0 saturated carbocycles. The van der Waals surface area contributed by atoms with E-state index in [4.69, 9.17) is 22.1 Å². The molecule has 0 saturated heterocycles. The fourth-order valence-corrected chi connectivity index (χ4v) is 2.78. The summed E-state index contributed by atoms with van der Waals surface area (Å²) in [6.07, 6.45) is 2.07. The van der Waals surface area contributed by atoms with Crippen LogP contribution >= 0.6 is 23.4 Å². The topological polar surface area (TPSA) is 64.3 Å². The van der Waals surface area contributed by atoms with Crippen LogP contribution in [-0.4, -0.2) is 31.1 Å². The lowest BCUT2D eigenvalue weighted by atomic mass is 10.1. The van der Waals surface area contributed by atoms with Gasteiger partial charge in [-0.3, -0.25) is 0 Å². The Morgan fingerprint density at radius 2 is 2.25 bits per heavy atom. The van der Waals surface area contributed by atoms with Crippen molar-refractivity contribution in [2.24, 2.45) is 5.92 Å². The summed E-state index contributed by atoms with van der Waals surface area (Å²) >= 11 is 7.97. The van der Waals surface area contributed by atoms with Crippen molar-refractivity contribution >= 4 is 40.7 Å². The summed E-state index contributed by atoms with van der Waals surface area (Å²) in [7, 11) is 0. The van der Waals surface area contributed by atoms with Gasteiger partial charge in [-0.25, -0.2) is 4.79 Å². The number of ether oxygens (including phenoxy) is 1. The van der Waals surface area contributed by atoms with Gasteiger partial charge in [-0.05, 0) is 37.0 Å². The number of nitrogen functional groups attached to an aromatic ring is 1. The van der Waals surface area contributed by atoms with Crippen LogP contribution < -0.4 is 11.1 Å². The van der Waals surface area contributed by atoms with Crippen LogP contribution in [0.25, 0.3) is 0 Å². The van der Waals surface area contributed by atoms with Gasteiger partial charge in [0.2, 0.25) is 0 Å². The Kier molecular flexibility index (Phi) is 7.02. The first-order valence-corrected chi connectivity index (χ1v) is 8.25. The largest absolute Gasteiger partial charge is 0.462 e. The molecule has 0 bridgehead atoms. The Bertz CT molecular complexity index is 469. The molecule has 1 atom stereocenters. The first-order chi connectivity index (χ1) is 9.49. The van der Waals surface area contributed by atoms with Crippen molar-refractivity contribution in [2.75, 3.05) is 36.2 Å². The molecule has 0 fully saturated rings. The summed E-state index contributed by atoms with van der Waals surface area (Å²) < 4.78 is 5.04. The second kappa shape index (κ2) is 8.27. The third-order valence-corrected chi connectivity index (χ3v) is 3.89. The Hall–Kier alpha value is -1.07. The molecule has 20 heavy (non-hydrogen) atoms. The summed E-state index contributed by atoms with van der Waals surface area (Å²) in [6, 6.07) is 3.22. The van der Waals surface area contributed by atoms with Gasteiger partial charge in [-0.1, -0.05) is 18.5 Å². The van der Waals surface area contributed by atoms with Crippen molar-refractivity contribution in [1.29, 1.82) is 0 Å². The number of thioether (sulfide) groups is 1. The molecule has 1 aromatic rings. The summed E-state index contributed by atoms with van der Waals surface area (Å²) in [5.74, 6) is 1.09. The maximum absolute atomic E-state index is 12.0. The number of carbonyl (C=O) groups excluding carboxylic acids is 1. The number of anilines is 2. The lowest BCUT2D eigenvalue weighted by Gasteiger charge is -2.17. The molecule has 0 radical (unpaired) electrons. The van der Waals surface area contributed by atoms with Gasteiger partial charge in [0.05, 0.1) is 22.9 Å². The molecule has 1 rings (SSSR count). The molecule has 0 amide bonds. The minimum absolute atomic E-state index is 0.313. The van der Waals surface area contributed by atoms with Gasteiger partial charge in [0.15, 0.2) is 0 Å². The smallest absolute Gasteiger partial charge is 0.340 e. The van der Waals surface area contributed by atoms with Gasteiger partial charge in [-0.2, -0.15) is 11.8 Å². The molecule has 6 heteroatoms. The van der Waals surface area contributed by atoms with Crippen LogP contribution in [0.4, 0.5) is 11.4 Å². The molecular weight excluding hydrogens is 296 g/mol. The SMILES string of the molecule is CCOC(=O)c1cc(N)cc(Cl)c1NCC(C)CSC. The highest BCUT2D eigenvalue weighted by molar-refractivity contribution is 7.98. The highest BCUT2D eigenvalue weighted by atomic mass is 35.5. The van der Waals surface area contributed by atoms with Crippen LogP contribution in [0.3, 0.4) is 0 Å². The van der Waals surface area contributed by atoms with E-state index < -0.39 is 5.97 Å². The fraction of sp³-hybridized carbons (Fsp3) is 0.500. The zero-order chi connectivity index (χ0) is 15.1. The maximum Gasteiger partial charge on any atom is 0.340 e. The second-order valence-electron chi connectivity index (χ2n) is 4.59. The van der Waals surface area contributed by atoms with Crippen molar-refractivity contribution in [3.05, 3.63) is 22.7 Å². The second-order valence-corrected chi connectivity index (χ2v) is 5.91. The van der Waals surface area contributed by atoms with E-state index in [1.54, 1.807) is 30.8 Å². The summed E-state index contributed by atoms with van der Waals surface area (Å²) in [4.78, 5) is 12.0. The number of benzene rings is 1. The van der Waals surface area contributed by atoms with Gasteiger partial charge in [0, 0.05) is 12.2 Å². The van der Waals surface area contributed by atoms with E-state index in [9.17, 15) is 4.79 Å². The predicted molar refractivity (Wildman–Crippen MR) is 87.9 cm³/mol. The molecular formula is C14H21ClN2O2S. The third kappa shape index (κ3) is 4.80. The average molecular weight is 317 g/mol. The molecule has 0 spiro atoms. The molecule has 0 aromatic heterocycles. The predicted octanol–water partition coefficient (Wildman–Crippen LogP) is 3.51. The molecule has 0 heterocycles. The normalized spacial score (nSPS) is 12.0. The lowest BCUT2D eigenvalue weighted by molar-refractivity contribution is 0.0527. The van der Waals surface area contributed by atoms with Crippen LogP contribution in [0.2, 0.25) is 5.02 Å². The quantitative estimate of drug-likeness (QED) is 0.595. The molecule has 0 aliphatic rings. The minimum Gasteiger partial charge on any atom is -0.462 e. The summed E-state index contributed by atoms with van der Waals surface area (Å²) in [6.45, 7) is 4.95. The molecule has 3 N–H and O–H groups in total. The van der Waals surface area contributed by atoms with E-state index >= 15 is 0 Å². The number of halogens is 1. The van der Waals surface area contributed by atoms with Crippen LogP contribution in [-0.2, 0) is 4.74 Å². The van der Waals surface area contributed by atoms with Gasteiger partial charge >= 0.3 is 5.97 Å². The number of rotatable bonds is 7. The maximum atomic E-state index is 12.0. The van der Waals surface area contributed by atoms with Gasteiger partial charge in [0.25, 0.3) is 0 Å². The lowest BCUT2D eigenvalue weighted by Crippen LogP contribution is -2.17. The van der Waals surface area contributed by atoms with Gasteiger partial charge in [-0.15, -0.1) is 0 Å². The average Bonchev–Trinajstić information content (AvgIpc) is 2.37.